The molecule has 0 radical (unpaired) electrons. The molecule has 0 aromatic carbocycles. The fraction of sp³-hybridized carbons (Fsp3) is 0.733. The molecule has 3 atom stereocenters. The van der Waals surface area contributed by atoms with E-state index in [4.69, 9.17) is 4.74 Å². The number of hydrogen-bond donors (Lipinski definition) is 1. The van der Waals surface area contributed by atoms with Gasteiger partial charge in [0.05, 0.1) is 18.4 Å². The molecule has 4 nitrogen and oxygen atoms in total. The van der Waals surface area contributed by atoms with Gasteiger partial charge in [0, 0.05) is 6.04 Å². The van der Waals surface area contributed by atoms with E-state index in [1.807, 2.05) is 20.8 Å². The Morgan fingerprint density at radius 1 is 1.21 bits per heavy atom. The number of rotatable bonds is 8. The molecule has 0 heterocycles. The standard InChI is InChI=1S/C15H27NO3/c1-7-10(4)13(12(6)15(18)19-9-3)14(17)16-11(5)8-2/h11-13H,4,7-9H2,1-3,5-6H3,(H,16,17). The zero-order valence-corrected chi connectivity index (χ0v) is 12.8. The van der Waals surface area contributed by atoms with E-state index in [0.717, 1.165) is 12.0 Å². The second-order valence-corrected chi connectivity index (χ2v) is 4.85. The average Bonchev–Trinajstić information content (AvgIpc) is 2.38. The first-order valence-corrected chi connectivity index (χ1v) is 7.03. The highest BCUT2D eigenvalue weighted by molar-refractivity contribution is 5.87. The average molecular weight is 269 g/mol. The fourth-order valence-electron chi connectivity index (χ4n) is 1.83. The molecule has 110 valence electrons. The number of carbonyl (C=O) groups excluding carboxylic acids is 2. The normalized spacial score (nSPS) is 15.2. The van der Waals surface area contributed by atoms with Crippen molar-refractivity contribution in [1.82, 2.24) is 5.32 Å². The monoisotopic (exact) mass is 269 g/mol. The zero-order chi connectivity index (χ0) is 15.0. The molecule has 3 unspecified atom stereocenters. The van der Waals surface area contributed by atoms with E-state index in [-0.39, 0.29) is 17.9 Å². The molecule has 0 bridgehead atoms. The van der Waals surface area contributed by atoms with Gasteiger partial charge in [0.1, 0.15) is 0 Å². The van der Waals surface area contributed by atoms with Gasteiger partial charge < -0.3 is 10.1 Å². The summed E-state index contributed by atoms with van der Waals surface area (Å²) in [6.45, 7) is 13.6. The molecule has 0 aliphatic carbocycles. The lowest BCUT2D eigenvalue weighted by Crippen LogP contribution is -2.42. The summed E-state index contributed by atoms with van der Waals surface area (Å²) in [5.41, 5.74) is 0.765. The molecule has 1 amide bonds. The van der Waals surface area contributed by atoms with E-state index in [1.54, 1.807) is 13.8 Å². The molecule has 0 spiro atoms. The van der Waals surface area contributed by atoms with E-state index < -0.39 is 11.8 Å². The Morgan fingerprint density at radius 3 is 2.21 bits per heavy atom. The van der Waals surface area contributed by atoms with E-state index in [2.05, 4.69) is 11.9 Å². The number of amides is 1. The molecular formula is C15H27NO3. The van der Waals surface area contributed by atoms with Gasteiger partial charge in [0.2, 0.25) is 5.91 Å². The third-order valence-corrected chi connectivity index (χ3v) is 3.34. The first-order chi connectivity index (χ1) is 8.88. The molecule has 0 saturated heterocycles. The van der Waals surface area contributed by atoms with Crippen LogP contribution < -0.4 is 5.32 Å². The Kier molecular flexibility index (Phi) is 8.12. The van der Waals surface area contributed by atoms with Crippen molar-refractivity contribution in [2.75, 3.05) is 6.61 Å². The molecule has 0 aliphatic rings. The maximum atomic E-state index is 12.3. The van der Waals surface area contributed by atoms with Crippen molar-refractivity contribution in [3.63, 3.8) is 0 Å². The van der Waals surface area contributed by atoms with Crippen molar-refractivity contribution in [3.05, 3.63) is 12.2 Å². The Balaban J connectivity index is 4.95. The Morgan fingerprint density at radius 2 is 1.79 bits per heavy atom. The molecule has 19 heavy (non-hydrogen) atoms. The molecule has 0 aromatic rings. The minimum Gasteiger partial charge on any atom is -0.466 e. The highest BCUT2D eigenvalue weighted by atomic mass is 16.5. The van der Waals surface area contributed by atoms with E-state index in [0.29, 0.717) is 13.0 Å². The van der Waals surface area contributed by atoms with Gasteiger partial charge in [-0.25, -0.2) is 0 Å². The second-order valence-electron chi connectivity index (χ2n) is 4.85. The molecule has 0 aromatic heterocycles. The van der Waals surface area contributed by atoms with Crippen molar-refractivity contribution in [2.24, 2.45) is 11.8 Å². The largest absolute Gasteiger partial charge is 0.466 e. The number of hydrogen-bond acceptors (Lipinski definition) is 3. The van der Waals surface area contributed by atoms with Crippen LogP contribution in [0.3, 0.4) is 0 Å². The third kappa shape index (κ3) is 5.45. The molecule has 0 saturated carbocycles. The predicted molar refractivity (Wildman–Crippen MR) is 76.6 cm³/mol. The van der Waals surface area contributed by atoms with Gasteiger partial charge in [-0.3, -0.25) is 9.59 Å². The van der Waals surface area contributed by atoms with E-state index in [9.17, 15) is 9.59 Å². The van der Waals surface area contributed by atoms with Crippen LogP contribution in [0.2, 0.25) is 0 Å². The van der Waals surface area contributed by atoms with Crippen molar-refractivity contribution in [1.29, 1.82) is 0 Å². The SMILES string of the molecule is C=C(CC)C(C(=O)NC(C)CC)C(C)C(=O)OCC. The van der Waals surface area contributed by atoms with Gasteiger partial charge in [0.15, 0.2) is 0 Å². The fourth-order valence-corrected chi connectivity index (χ4v) is 1.83. The maximum absolute atomic E-state index is 12.3. The van der Waals surface area contributed by atoms with Crippen LogP contribution >= 0.6 is 0 Å². The third-order valence-electron chi connectivity index (χ3n) is 3.34. The molecule has 4 heteroatoms. The van der Waals surface area contributed by atoms with Crippen LogP contribution in [0.25, 0.3) is 0 Å². The van der Waals surface area contributed by atoms with Gasteiger partial charge in [-0.1, -0.05) is 32.9 Å². The van der Waals surface area contributed by atoms with Gasteiger partial charge in [-0.15, -0.1) is 0 Å². The summed E-state index contributed by atoms with van der Waals surface area (Å²) in [6.07, 6.45) is 1.52. The summed E-state index contributed by atoms with van der Waals surface area (Å²) in [4.78, 5) is 24.1. The second kappa shape index (κ2) is 8.73. The van der Waals surface area contributed by atoms with Crippen LogP contribution in [0, 0.1) is 11.8 Å². The molecule has 1 N–H and O–H groups in total. The highest BCUT2D eigenvalue weighted by Crippen LogP contribution is 2.24. The van der Waals surface area contributed by atoms with Crippen LogP contribution in [0.15, 0.2) is 12.2 Å². The van der Waals surface area contributed by atoms with Gasteiger partial charge in [-0.2, -0.15) is 0 Å². The first-order valence-electron chi connectivity index (χ1n) is 7.03. The number of nitrogens with one attached hydrogen (secondary N) is 1. The summed E-state index contributed by atoms with van der Waals surface area (Å²) in [5, 5.41) is 2.92. The van der Waals surface area contributed by atoms with E-state index in [1.165, 1.54) is 0 Å². The van der Waals surface area contributed by atoms with Crippen molar-refractivity contribution < 1.29 is 14.3 Å². The van der Waals surface area contributed by atoms with Crippen molar-refractivity contribution in [3.8, 4) is 0 Å². The highest BCUT2D eigenvalue weighted by Gasteiger charge is 2.33. The van der Waals surface area contributed by atoms with Crippen molar-refractivity contribution >= 4 is 11.9 Å². The van der Waals surface area contributed by atoms with Gasteiger partial charge in [-0.05, 0) is 26.7 Å². The van der Waals surface area contributed by atoms with Crippen LogP contribution in [0.4, 0.5) is 0 Å². The summed E-state index contributed by atoms with van der Waals surface area (Å²) < 4.78 is 5.00. The molecular weight excluding hydrogens is 242 g/mol. The predicted octanol–water partition coefficient (Wildman–Crippen LogP) is 2.68. The minimum atomic E-state index is -0.516. The lowest BCUT2D eigenvalue weighted by Gasteiger charge is -2.25. The molecule has 0 rings (SSSR count). The maximum Gasteiger partial charge on any atom is 0.309 e. The summed E-state index contributed by atoms with van der Waals surface area (Å²) >= 11 is 0. The van der Waals surface area contributed by atoms with E-state index >= 15 is 0 Å². The number of ether oxygens (including phenoxy) is 1. The summed E-state index contributed by atoms with van der Waals surface area (Å²) in [7, 11) is 0. The zero-order valence-electron chi connectivity index (χ0n) is 12.8. The van der Waals surface area contributed by atoms with Crippen LogP contribution in [-0.2, 0) is 14.3 Å². The molecule has 0 aliphatic heterocycles. The topological polar surface area (TPSA) is 55.4 Å². The summed E-state index contributed by atoms with van der Waals surface area (Å²) in [6, 6.07) is 0.0917. The smallest absolute Gasteiger partial charge is 0.309 e. The Labute approximate surface area is 116 Å². The van der Waals surface area contributed by atoms with Gasteiger partial charge in [0.25, 0.3) is 0 Å². The van der Waals surface area contributed by atoms with Crippen LogP contribution in [-0.4, -0.2) is 24.5 Å². The summed E-state index contributed by atoms with van der Waals surface area (Å²) in [5.74, 6) is -1.50. The lowest BCUT2D eigenvalue weighted by molar-refractivity contribution is -0.151. The van der Waals surface area contributed by atoms with Crippen LogP contribution in [0.1, 0.15) is 47.5 Å². The Bertz CT molecular complexity index is 325. The quantitative estimate of drug-likeness (QED) is 0.544. The first kappa shape index (κ1) is 17.7. The van der Waals surface area contributed by atoms with Crippen LogP contribution in [0.5, 0.6) is 0 Å². The Hall–Kier alpha value is -1.32. The molecule has 0 fully saturated rings. The number of esters is 1. The van der Waals surface area contributed by atoms with Crippen molar-refractivity contribution in [2.45, 2.75) is 53.5 Å². The minimum absolute atomic E-state index is 0.0917. The number of carbonyl (C=O) groups is 2. The van der Waals surface area contributed by atoms with Gasteiger partial charge >= 0.3 is 5.97 Å². The lowest BCUT2D eigenvalue weighted by atomic mass is 9.85.